The molecule has 0 aromatic heterocycles. The fraction of sp³-hybridized carbons (Fsp3) is 0.0769. The standard InChI is InChI=1S/C13H15N3/c14-12-9-5-4-8-11(12)13(16-15)10-6-2-1-3-7-10/h1-9,13,16H,14-15H2. The van der Waals surface area contributed by atoms with Crippen molar-refractivity contribution in [3.05, 3.63) is 65.7 Å². The van der Waals surface area contributed by atoms with E-state index in [0.717, 1.165) is 16.8 Å². The van der Waals surface area contributed by atoms with E-state index in [2.05, 4.69) is 5.43 Å². The summed E-state index contributed by atoms with van der Waals surface area (Å²) >= 11 is 0. The zero-order valence-electron chi connectivity index (χ0n) is 8.93. The van der Waals surface area contributed by atoms with Gasteiger partial charge in [0.1, 0.15) is 0 Å². The number of hydrogen-bond donors (Lipinski definition) is 3. The molecule has 0 fully saturated rings. The van der Waals surface area contributed by atoms with Crippen LogP contribution < -0.4 is 17.0 Å². The van der Waals surface area contributed by atoms with E-state index < -0.39 is 0 Å². The average molecular weight is 213 g/mol. The highest BCUT2D eigenvalue weighted by molar-refractivity contribution is 5.51. The third-order valence-electron chi connectivity index (χ3n) is 2.61. The Hall–Kier alpha value is -1.84. The molecule has 0 saturated carbocycles. The fourth-order valence-corrected chi connectivity index (χ4v) is 1.78. The molecule has 0 aliphatic rings. The number of nitrogens with two attached hydrogens (primary N) is 2. The minimum Gasteiger partial charge on any atom is -0.398 e. The first-order chi connectivity index (χ1) is 7.83. The summed E-state index contributed by atoms with van der Waals surface area (Å²) in [5.41, 5.74) is 11.6. The maximum atomic E-state index is 5.94. The van der Waals surface area contributed by atoms with E-state index in [-0.39, 0.29) is 6.04 Å². The molecule has 82 valence electrons. The molecule has 3 heteroatoms. The molecule has 0 bridgehead atoms. The summed E-state index contributed by atoms with van der Waals surface area (Å²) in [6, 6.07) is 17.7. The van der Waals surface area contributed by atoms with Gasteiger partial charge in [0.25, 0.3) is 0 Å². The Morgan fingerprint density at radius 3 is 2.12 bits per heavy atom. The van der Waals surface area contributed by atoms with Gasteiger partial charge in [-0.25, -0.2) is 5.43 Å². The molecule has 1 atom stereocenters. The summed E-state index contributed by atoms with van der Waals surface area (Å²) in [6.45, 7) is 0. The van der Waals surface area contributed by atoms with Crippen molar-refractivity contribution < 1.29 is 0 Å². The molecule has 5 N–H and O–H groups in total. The van der Waals surface area contributed by atoms with Crippen LogP contribution in [0.1, 0.15) is 17.2 Å². The number of hydrazine groups is 1. The van der Waals surface area contributed by atoms with Crippen LogP contribution in [0, 0.1) is 0 Å². The van der Waals surface area contributed by atoms with E-state index in [0.29, 0.717) is 0 Å². The smallest absolute Gasteiger partial charge is 0.0730 e. The highest BCUT2D eigenvalue weighted by Gasteiger charge is 2.13. The molecule has 0 radical (unpaired) electrons. The van der Waals surface area contributed by atoms with Crippen molar-refractivity contribution in [3.63, 3.8) is 0 Å². The third kappa shape index (κ3) is 2.05. The predicted molar refractivity (Wildman–Crippen MR) is 66.5 cm³/mol. The molecule has 1 unspecified atom stereocenters. The quantitative estimate of drug-likeness (QED) is 0.414. The van der Waals surface area contributed by atoms with Crippen LogP contribution in [0.15, 0.2) is 54.6 Å². The zero-order valence-corrected chi connectivity index (χ0v) is 8.93. The highest BCUT2D eigenvalue weighted by atomic mass is 15.2. The lowest BCUT2D eigenvalue weighted by Crippen LogP contribution is -2.29. The summed E-state index contributed by atoms with van der Waals surface area (Å²) in [4.78, 5) is 0. The molecular weight excluding hydrogens is 198 g/mol. The van der Waals surface area contributed by atoms with Gasteiger partial charge in [-0.3, -0.25) is 5.84 Å². The maximum Gasteiger partial charge on any atom is 0.0730 e. The van der Waals surface area contributed by atoms with E-state index in [1.165, 1.54) is 0 Å². The predicted octanol–water partition coefficient (Wildman–Crippen LogP) is 1.82. The maximum absolute atomic E-state index is 5.94. The van der Waals surface area contributed by atoms with Gasteiger partial charge in [0, 0.05) is 5.69 Å². The normalized spacial score (nSPS) is 12.3. The van der Waals surface area contributed by atoms with Gasteiger partial charge in [-0.15, -0.1) is 0 Å². The average Bonchev–Trinajstić information content (AvgIpc) is 2.34. The van der Waals surface area contributed by atoms with Crippen molar-refractivity contribution in [1.29, 1.82) is 0 Å². The first-order valence-corrected chi connectivity index (χ1v) is 5.18. The van der Waals surface area contributed by atoms with Gasteiger partial charge in [-0.05, 0) is 17.2 Å². The van der Waals surface area contributed by atoms with Crippen LogP contribution in [0.4, 0.5) is 5.69 Å². The molecule has 0 aliphatic carbocycles. The molecule has 2 aromatic carbocycles. The van der Waals surface area contributed by atoms with Crippen LogP contribution in [-0.4, -0.2) is 0 Å². The molecule has 0 saturated heterocycles. The molecule has 0 heterocycles. The molecule has 0 spiro atoms. The number of nitrogens with one attached hydrogen (secondary N) is 1. The van der Waals surface area contributed by atoms with Crippen molar-refractivity contribution in [3.8, 4) is 0 Å². The van der Waals surface area contributed by atoms with E-state index in [4.69, 9.17) is 11.6 Å². The van der Waals surface area contributed by atoms with Gasteiger partial charge >= 0.3 is 0 Å². The van der Waals surface area contributed by atoms with Crippen LogP contribution in [-0.2, 0) is 0 Å². The Morgan fingerprint density at radius 1 is 0.875 bits per heavy atom. The Bertz CT molecular complexity index is 454. The monoisotopic (exact) mass is 213 g/mol. The second-order valence-electron chi connectivity index (χ2n) is 3.64. The van der Waals surface area contributed by atoms with Gasteiger partial charge in [0.2, 0.25) is 0 Å². The van der Waals surface area contributed by atoms with Gasteiger partial charge in [0.05, 0.1) is 6.04 Å². The molecular formula is C13H15N3. The van der Waals surface area contributed by atoms with Crippen LogP contribution in [0.2, 0.25) is 0 Å². The number of hydrogen-bond acceptors (Lipinski definition) is 3. The summed E-state index contributed by atoms with van der Waals surface area (Å²) in [5, 5.41) is 0. The Morgan fingerprint density at radius 2 is 1.50 bits per heavy atom. The first kappa shape index (κ1) is 10.7. The minimum atomic E-state index is -0.0672. The summed E-state index contributed by atoms with van der Waals surface area (Å²) in [5.74, 6) is 5.60. The SMILES string of the molecule is NNC(c1ccccc1)c1ccccc1N. The highest BCUT2D eigenvalue weighted by Crippen LogP contribution is 2.25. The number of anilines is 1. The molecule has 2 rings (SSSR count). The topological polar surface area (TPSA) is 64.1 Å². The zero-order chi connectivity index (χ0) is 11.4. The van der Waals surface area contributed by atoms with Crippen molar-refractivity contribution >= 4 is 5.69 Å². The number of nitrogen functional groups attached to an aromatic ring is 1. The van der Waals surface area contributed by atoms with Crippen LogP contribution >= 0.6 is 0 Å². The van der Waals surface area contributed by atoms with E-state index in [1.54, 1.807) is 0 Å². The lowest BCUT2D eigenvalue weighted by molar-refractivity contribution is 0.638. The molecule has 0 aliphatic heterocycles. The molecule has 2 aromatic rings. The number of para-hydroxylation sites is 1. The number of benzene rings is 2. The van der Waals surface area contributed by atoms with Crippen LogP contribution in [0.25, 0.3) is 0 Å². The second-order valence-corrected chi connectivity index (χ2v) is 3.64. The van der Waals surface area contributed by atoms with Crippen molar-refractivity contribution in [2.24, 2.45) is 5.84 Å². The number of rotatable bonds is 3. The van der Waals surface area contributed by atoms with E-state index in [9.17, 15) is 0 Å². The minimum absolute atomic E-state index is 0.0672. The van der Waals surface area contributed by atoms with E-state index >= 15 is 0 Å². The molecule has 16 heavy (non-hydrogen) atoms. The summed E-state index contributed by atoms with van der Waals surface area (Å²) in [7, 11) is 0. The molecule has 0 amide bonds. The third-order valence-corrected chi connectivity index (χ3v) is 2.61. The lowest BCUT2D eigenvalue weighted by Gasteiger charge is -2.18. The van der Waals surface area contributed by atoms with Gasteiger partial charge in [-0.1, -0.05) is 48.5 Å². The van der Waals surface area contributed by atoms with Gasteiger partial charge < -0.3 is 5.73 Å². The van der Waals surface area contributed by atoms with Gasteiger partial charge in [0.15, 0.2) is 0 Å². The van der Waals surface area contributed by atoms with Crippen molar-refractivity contribution in [2.75, 3.05) is 5.73 Å². The largest absolute Gasteiger partial charge is 0.398 e. The summed E-state index contributed by atoms with van der Waals surface area (Å²) < 4.78 is 0. The van der Waals surface area contributed by atoms with E-state index in [1.807, 2.05) is 54.6 Å². The summed E-state index contributed by atoms with van der Waals surface area (Å²) in [6.07, 6.45) is 0. The fourth-order valence-electron chi connectivity index (χ4n) is 1.78. The Balaban J connectivity index is 2.41. The van der Waals surface area contributed by atoms with Gasteiger partial charge in [-0.2, -0.15) is 0 Å². The second kappa shape index (κ2) is 4.79. The lowest BCUT2D eigenvalue weighted by atomic mass is 9.98. The Labute approximate surface area is 95.1 Å². The molecule has 3 nitrogen and oxygen atoms in total. The first-order valence-electron chi connectivity index (χ1n) is 5.18. The van der Waals surface area contributed by atoms with Crippen molar-refractivity contribution in [1.82, 2.24) is 5.43 Å². The van der Waals surface area contributed by atoms with Crippen LogP contribution in [0.3, 0.4) is 0 Å². The van der Waals surface area contributed by atoms with Crippen molar-refractivity contribution in [2.45, 2.75) is 6.04 Å². The van der Waals surface area contributed by atoms with Crippen LogP contribution in [0.5, 0.6) is 0 Å². The Kier molecular flexibility index (Phi) is 3.19.